The van der Waals surface area contributed by atoms with E-state index in [1.807, 2.05) is 25.3 Å². The van der Waals surface area contributed by atoms with E-state index in [1.165, 1.54) is 10.6 Å². The fourth-order valence-electron chi connectivity index (χ4n) is 2.15. The van der Waals surface area contributed by atoms with Crippen molar-refractivity contribution in [1.82, 2.24) is 14.2 Å². The topological polar surface area (TPSA) is 76.6 Å². The maximum Gasteiger partial charge on any atom is 0.309 e. The van der Waals surface area contributed by atoms with Gasteiger partial charge in [-0.05, 0) is 12.8 Å². The van der Waals surface area contributed by atoms with Gasteiger partial charge in [0.15, 0.2) is 0 Å². The van der Waals surface area contributed by atoms with Crippen molar-refractivity contribution in [3.05, 3.63) is 33.9 Å². The third-order valence-electron chi connectivity index (χ3n) is 2.81. The maximum atomic E-state index is 11.9. The average molecular weight is 263 g/mol. The first-order chi connectivity index (χ1) is 8.88. The predicted octanol–water partition coefficient (Wildman–Crippen LogP) is 1.09. The zero-order valence-electron chi connectivity index (χ0n) is 11.3. The largest absolute Gasteiger partial charge is 0.481 e. The van der Waals surface area contributed by atoms with Crippen LogP contribution in [0.4, 0.5) is 0 Å². The van der Waals surface area contributed by atoms with Crippen LogP contribution >= 0.6 is 0 Å². The average Bonchev–Trinajstić information content (AvgIpc) is 2.65. The van der Waals surface area contributed by atoms with E-state index in [0.717, 1.165) is 5.69 Å². The molecule has 0 bridgehead atoms. The van der Waals surface area contributed by atoms with Crippen LogP contribution in [0.3, 0.4) is 0 Å². The third kappa shape index (κ3) is 2.67. The van der Waals surface area contributed by atoms with Gasteiger partial charge in [0.1, 0.15) is 5.65 Å². The molecule has 0 saturated heterocycles. The van der Waals surface area contributed by atoms with Crippen molar-refractivity contribution in [2.75, 3.05) is 0 Å². The van der Waals surface area contributed by atoms with Crippen molar-refractivity contribution < 1.29 is 9.90 Å². The molecule has 0 aliphatic heterocycles. The molecule has 0 spiro atoms. The summed E-state index contributed by atoms with van der Waals surface area (Å²) in [5.41, 5.74) is 1.61. The summed E-state index contributed by atoms with van der Waals surface area (Å²) >= 11 is 0. The molecule has 0 saturated carbocycles. The van der Waals surface area contributed by atoms with Crippen LogP contribution in [-0.2, 0) is 17.8 Å². The van der Waals surface area contributed by atoms with Gasteiger partial charge in [-0.2, -0.15) is 9.61 Å². The van der Waals surface area contributed by atoms with Gasteiger partial charge in [0.25, 0.3) is 5.56 Å². The van der Waals surface area contributed by atoms with Gasteiger partial charge in [-0.25, -0.2) is 0 Å². The Morgan fingerprint density at radius 2 is 2.11 bits per heavy atom. The quantitative estimate of drug-likeness (QED) is 0.895. The zero-order chi connectivity index (χ0) is 14.2. The smallest absolute Gasteiger partial charge is 0.309 e. The highest BCUT2D eigenvalue weighted by molar-refractivity contribution is 5.69. The minimum absolute atomic E-state index is 0.164. The summed E-state index contributed by atoms with van der Waals surface area (Å²) in [6, 6.07) is 3.16. The van der Waals surface area contributed by atoms with Crippen molar-refractivity contribution in [1.29, 1.82) is 0 Å². The molecular weight excluding hydrogens is 246 g/mol. The maximum absolute atomic E-state index is 11.9. The number of hydrogen-bond acceptors (Lipinski definition) is 3. The molecule has 0 amide bonds. The molecule has 6 nitrogen and oxygen atoms in total. The Balaban J connectivity index is 2.71. The third-order valence-corrected chi connectivity index (χ3v) is 2.81. The Kier molecular flexibility index (Phi) is 3.42. The van der Waals surface area contributed by atoms with Crippen LogP contribution < -0.4 is 5.56 Å². The summed E-state index contributed by atoms with van der Waals surface area (Å²) in [4.78, 5) is 22.8. The second kappa shape index (κ2) is 4.87. The number of carbonyl (C=O) groups is 1. The van der Waals surface area contributed by atoms with Crippen LogP contribution in [0.5, 0.6) is 0 Å². The molecule has 2 rings (SSSR count). The Morgan fingerprint density at radius 3 is 2.68 bits per heavy atom. The van der Waals surface area contributed by atoms with E-state index in [1.54, 1.807) is 6.07 Å². The van der Waals surface area contributed by atoms with Crippen molar-refractivity contribution in [3.8, 4) is 0 Å². The van der Waals surface area contributed by atoms with Gasteiger partial charge in [-0.3, -0.25) is 9.59 Å². The molecule has 6 heteroatoms. The molecule has 2 aromatic heterocycles. The molecule has 0 radical (unpaired) electrons. The summed E-state index contributed by atoms with van der Waals surface area (Å²) in [5.74, 6) is -0.605. The molecule has 0 aromatic carbocycles. The van der Waals surface area contributed by atoms with Gasteiger partial charge in [-0.15, -0.1) is 0 Å². The molecule has 102 valence electrons. The number of hydrogen-bond donors (Lipinski definition) is 1. The molecule has 2 aromatic rings. The normalized spacial score (nSPS) is 11.4. The van der Waals surface area contributed by atoms with Crippen LogP contribution in [0.1, 0.15) is 25.2 Å². The first-order valence-electron chi connectivity index (χ1n) is 6.19. The molecule has 0 aliphatic carbocycles. The van der Waals surface area contributed by atoms with E-state index in [-0.39, 0.29) is 12.0 Å². The molecule has 0 atom stereocenters. The first-order valence-corrected chi connectivity index (χ1v) is 6.19. The lowest BCUT2D eigenvalue weighted by Gasteiger charge is -2.16. The number of fused-ring (bicyclic) bond motifs is 1. The van der Waals surface area contributed by atoms with Crippen molar-refractivity contribution >= 4 is 11.6 Å². The summed E-state index contributed by atoms with van der Waals surface area (Å²) in [5, 5.41) is 13.1. The number of aromatic nitrogens is 3. The van der Waals surface area contributed by atoms with E-state index < -0.39 is 5.97 Å². The van der Waals surface area contributed by atoms with Gasteiger partial charge >= 0.3 is 5.97 Å². The minimum Gasteiger partial charge on any atom is -0.481 e. The second-order valence-corrected chi connectivity index (χ2v) is 5.10. The molecule has 0 fully saturated rings. The number of rotatable bonds is 4. The van der Waals surface area contributed by atoms with Crippen LogP contribution in [-0.4, -0.2) is 25.3 Å². The summed E-state index contributed by atoms with van der Waals surface area (Å²) in [6.07, 6.45) is -0.164. The highest BCUT2D eigenvalue weighted by Gasteiger charge is 2.14. The number of carboxylic acids is 1. The van der Waals surface area contributed by atoms with Crippen molar-refractivity contribution in [2.24, 2.45) is 5.92 Å². The zero-order valence-corrected chi connectivity index (χ0v) is 11.3. The fraction of sp³-hybridized carbons (Fsp3) is 0.462. The number of nitrogens with zero attached hydrogens (tertiary/aromatic N) is 3. The number of carboxylic acid groups (broad SMARTS) is 1. The Hall–Kier alpha value is -2.11. The SMILES string of the molecule is Cc1cc2n(CC(C)C)c(CC(=O)O)cc(=O)n2n1. The Bertz CT molecular complexity index is 682. The van der Waals surface area contributed by atoms with E-state index in [2.05, 4.69) is 5.10 Å². The lowest BCUT2D eigenvalue weighted by molar-refractivity contribution is -0.136. The van der Waals surface area contributed by atoms with E-state index >= 15 is 0 Å². The van der Waals surface area contributed by atoms with Gasteiger partial charge in [0.05, 0.1) is 12.1 Å². The molecule has 0 aliphatic rings. The van der Waals surface area contributed by atoms with Gasteiger partial charge < -0.3 is 9.67 Å². The Morgan fingerprint density at radius 1 is 1.42 bits per heavy atom. The summed E-state index contributed by atoms with van der Waals surface area (Å²) in [7, 11) is 0. The van der Waals surface area contributed by atoms with Crippen molar-refractivity contribution in [3.63, 3.8) is 0 Å². The Labute approximate surface area is 110 Å². The fourth-order valence-corrected chi connectivity index (χ4v) is 2.15. The van der Waals surface area contributed by atoms with Gasteiger partial charge in [-0.1, -0.05) is 13.8 Å². The summed E-state index contributed by atoms with van der Waals surface area (Å²) < 4.78 is 3.18. The van der Waals surface area contributed by atoms with Crippen LogP contribution in [0.2, 0.25) is 0 Å². The van der Waals surface area contributed by atoms with Crippen LogP contribution in [0.15, 0.2) is 16.9 Å². The highest BCUT2D eigenvalue weighted by Crippen LogP contribution is 2.12. The molecule has 0 unspecified atom stereocenters. The first kappa shape index (κ1) is 13.3. The molecule has 19 heavy (non-hydrogen) atoms. The number of aliphatic carboxylic acids is 1. The minimum atomic E-state index is -0.947. The predicted molar refractivity (Wildman–Crippen MR) is 70.4 cm³/mol. The van der Waals surface area contributed by atoms with Gasteiger partial charge in [0, 0.05) is 24.4 Å². The van der Waals surface area contributed by atoms with E-state index in [9.17, 15) is 9.59 Å². The lowest BCUT2D eigenvalue weighted by atomic mass is 10.2. The lowest BCUT2D eigenvalue weighted by Crippen LogP contribution is -2.24. The second-order valence-electron chi connectivity index (χ2n) is 5.10. The van der Waals surface area contributed by atoms with Crippen LogP contribution in [0, 0.1) is 12.8 Å². The molecule has 2 heterocycles. The van der Waals surface area contributed by atoms with E-state index in [4.69, 9.17) is 5.11 Å². The van der Waals surface area contributed by atoms with Crippen LogP contribution in [0.25, 0.3) is 5.65 Å². The van der Waals surface area contributed by atoms with E-state index in [0.29, 0.717) is 23.8 Å². The van der Waals surface area contributed by atoms with Gasteiger partial charge in [0.2, 0.25) is 0 Å². The molecule has 1 N–H and O–H groups in total. The summed E-state index contributed by atoms with van der Waals surface area (Å²) in [6.45, 7) is 6.55. The standard InChI is InChI=1S/C13H17N3O3/c1-8(2)7-15-10(6-13(18)19)5-12(17)16-11(15)4-9(3)14-16/h4-5,8H,6-7H2,1-3H3,(H,18,19). The molecular formula is C13H17N3O3. The number of aryl methyl sites for hydroxylation is 1. The monoisotopic (exact) mass is 263 g/mol. The van der Waals surface area contributed by atoms with Crippen molar-refractivity contribution in [2.45, 2.75) is 33.7 Å². The highest BCUT2D eigenvalue weighted by atomic mass is 16.4.